The summed E-state index contributed by atoms with van der Waals surface area (Å²) in [7, 11) is 0. The Hall–Kier alpha value is -1.68. The number of nitrogens with one attached hydrogen (secondary N) is 1. The third-order valence-electron chi connectivity index (χ3n) is 4.30. The first kappa shape index (κ1) is 14.3. The van der Waals surface area contributed by atoms with Gasteiger partial charge in [0.05, 0.1) is 5.69 Å². The van der Waals surface area contributed by atoms with E-state index in [2.05, 4.69) is 50.1 Å². The molecule has 1 saturated carbocycles. The van der Waals surface area contributed by atoms with Crippen molar-refractivity contribution in [1.82, 2.24) is 4.98 Å². The fourth-order valence-corrected chi connectivity index (χ4v) is 3.29. The van der Waals surface area contributed by atoms with Gasteiger partial charge >= 0.3 is 0 Å². The Labute approximate surface area is 129 Å². The van der Waals surface area contributed by atoms with E-state index in [0.717, 1.165) is 17.7 Å². The van der Waals surface area contributed by atoms with Gasteiger partial charge in [-0.2, -0.15) is 0 Å². The number of anilines is 1. The smallest absolute Gasteiger partial charge is 0.229 e. The third-order valence-corrected chi connectivity index (χ3v) is 5.05. The fraction of sp³-hybridized carbons (Fsp3) is 0.412. The first-order valence-corrected chi connectivity index (χ1v) is 8.18. The Morgan fingerprint density at radius 1 is 1.24 bits per heavy atom. The molecule has 4 heteroatoms. The van der Waals surface area contributed by atoms with Crippen molar-refractivity contribution < 1.29 is 4.79 Å². The van der Waals surface area contributed by atoms with Gasteiger partial charge in [-0.15, -0.1) is 11.3 Å². The lowest BCUT2D eigenvalue weighted by Gasteiger charge is -2.07. The van der Waals surface area contributed by atoms with Crippen molar-refractivity contribution in [3.63, 3.8) is 0 Å². The second kappa shape index (κ2) is 5.26. The van der Waals surface area contributed by atoms with Gasteiger partial charge in [0.25, 0.3) is 0 Å². The van der Waals surface area contributed by atoms with E-state index in [0.29, 0.717) is 11.0 Å². The van der Waals surface area contributed by atoms with Gasteiger partial charge in [-0.1, -0.05) is 13.0 Å². The summed E-state index contributed by atoms with van der Waals surface area (Å²) in [5.41, 5.74) is 5.87. The van der Waals surface area contributed by atoms with Crippen LogP contribution in [-0.4, -0.2) is 10.9 Å². The Morgan fingerprint density at radius 2 is 1.90 bits per heavy atom. The maximum Gasteiger partial charge on any atom is 0.229 e. The number of hydrogen-bond donors (Lipinski definition) is 1. The van der Waals surface area contributed by atoms with Crippen LogP contribution in [0.25, 0.3) is 11.3 Å². The van der Waals surface area contributed by atoms with Crippen molar-refractivity contribution in [2.45, 2.75) is 34.1 Å². The summed E-state index contributed by atoms with van der Waals surface area (Å²) in [5, 5.41) is 5.66. The molecule has 1 aliphatic carbocycles. The van der Waals surface area contributed by atoms with E-state index >= 15 is 0 Å². The molecule has 1 aliphatic rings. The van der Waals surface area contributed by atoms with Crippen LogP contribution in [0.2, 0.25) is 0 Å². The van der Waals surface area contributed by atoms with Crippen molar-refractivity contribution in [1.29, 1.82) is 0 Å². The predicted octanol–water partition coefficient (Wildman–Crippen LogP) is 4.33. The molecule has 1 aromatic heterocycles. The molecule has 21 heavy (non-hydrogen) atoms. The van der Waals surface area contributed by atoms with E-state index in [1.54, 1.807) is 0 Å². The second-order valence-electron chi connectivity index (χ2n) is 6.10. The number of benzene rings is 1. The molecule has 0 spiro atoms. The van der Waals surface area contributed by atoms with Crippen molar-refractivity contribution in [3.8, 4) is 11.3 Å². The van der Waals surface area contributed by atoms with Crippen molar-refractivity contribution in [2.75, 3.05) is 5.32 Å². The summed E-state index contributed by atoms with van der Waals surface area (Å²) in [4.78, 5) is 16.5. The van der Waals surface area contributed by atoms with Gasteiger partial charge in [0.2, 0.25) is 5.91 Å². The molecular formula is C17H20N2OS. The second-order valence-corrected chi connectivity index (χ2v) is 6.96. The third kappa shape index (κ3) is 2.86. The molecule has 0 unspecified atom stereocenters. The standard InChI is InChI=1S/C17H20N2OS/c1-9-5-11(3)13(6-10(9)2)15-8-21-17(18-15)19-16(20)14-7-12(14)4/h5-6,8,12,14H,7H2,1-4H3,(H,18,19,20)/t12-,14-/m0/s1. The molecule has 1 aromatic carbocycles. The lowest BCUT2D eigenvalue weighted by molar-refractivity contribution is -0.117. The monoisotopic (exact) mass is 300 g/mol. The average Bonchev–Trinajstić information content (AvgIpc) is 2.98. The van der Waals surface area contributed by atoms with Gasteiger partial charge in [-0.25, -0.2) is 4.98 Å². The van der Waals surface area contributed by atoms with Gasteiger partial charge < -0.3 is 5.32 Å². The summed E-state index contributed by atoms with van der Waals surface area (Å²) in [5.74, 6) is 0.812. The summed E-state index contributed by atoms with van der Waals surface area (Å²) in [6.07, 6.45) is 1.00. The average molecular weight is 300 g/mol. The highest BCUT2D eigenvalue weighted by molar-refractivity contribution is 7.14. The van der Waals surface area contributed by atoms with E-state index in [4.69, 9.17) is 0 Å². The zero-order valence-corrected chi connectivity index (χ0v) is 13.7. The van der Waals surface area contributed by atoms with Crippen LogP contribution in [0.15, 0.2) is 17.5 Å². The molecule has 2 aromatic rings. The number of nitrogens with zero attached hydrogens (tertiary/aromatic N) is 1. The minimum Gasteiger partial charge on any atom is -0.302 e. The molecule has 0 saturated heterocycles. The van der Waals surface area contributed by atoms with E-state index in [9.17, 15) is 4.79 Å². The Morgan fingerprint density at radius 3 is 2.57 bits per heavy atom. The molecular weight excluding hydrogens is 280 g/mol. The quantitative estimate of drug-likeness (QED) is 0.916. The summed E-state index contributed by atoms with van der Waals surface area (Å²) in [6.45, 7) is 8.44. The number of amides is 1. The van der Waals surface area contributed by atoms with Gasteiger partial charge in [0.15, 0.2) is 5.13 Å². The molecule has 1 fully saturated rings. The van der Waals surface area contributed by atoms with Crippen LogP contribution in [0.3, 0.4) is 0 Å². The molecule has 0 aliphatic heterocycles. The topological polar surface area (TPSA) is 42.0 Å². The minimum absolute atomic E-state index is 0.111. The number of aromatic nitrogens is 1. The van der Waals surface area contributed by atoms with Crippen molar-refractivity contribution in [2.24, 2.45) is 11.8 Å². The molecule has 1 heterocycles. The van der Waals surface area contributed by atoms with Crippen LogP contribution in [0.5, 0.6) is 0 Å². The molecule has 110 valence electrons. The maximum absolute atomic E-state index is 12.0. The SMILES string of the molecule is Cc1cc(C)c(-c2csc(NC(=O)[C@H]3C[C@@H]3C)n2)cc1C. The molecule has 2 atom stereocenters. The fourth-order valence-electron chi connectivity index (χ4n) is 2.58. The number of thiazole rings is 1. The number of carbonyl (C=O) groups is 1. The van der Waals surface area contributed by atoms with Gasteiger partial charge in [0, 0.05) is 16.9 Å². The lowest BCUT2D eigenvalue weighted by atomic mass is 9.99. The molecule has 3 nitrogen and oxygen atoms in total. The zero-order chi connectivity index (χ0) is 15.1. The minimum atomic E-state index is 0.111. The molecule has 1 amide bonds. The number of aryl methyl sites for hydroxylation is 3. The number of hydrogen-bond acceptors (Lipinski definition) is 3. The highest BCUT2D eigenvalue weighted by atomic mass is 32.1. The first-order chi connectivity index (χ1) is 9.95. The van der Waals surface area contributed by atoms with Gasteiger partial charge in [0.1, 0.15) is 0 Å². The van der Waals surface area contributed by atoms with Crippen molar-refractivity contribution in [3.05, 3.63) is 34.2 Å². The highest BCUT2D eigenvalue weighted by Gasteiger charge is 2.39. The van der Waals surface area contributed by atoms with Crippen LogP contribution in [0.1, 0.15) is 30.0 Å². The summed E-state index contributed by atoms with van der Waals surface area (Å²) < 4.78 is 0. The molecule has 0 radical (unpaired) electrons. The molecule has 1 N–H and O–H groups in total. The Bertz CT molecular complexity index is 705. The van der Waals surface area contributed by atoms with Crippen LogP contribution in [-0.2, 0) is 4.79 Å². The number of rotatable bonds is 3. The zero-order valence-electron chi connectivity index (χ0n) is 12.9. The van der Waals surface area contributed by atoms with E-state index in [1.165, 1.54) is 28.0 Å². The van der Waals surface area contributed by atoms with Crippen LogP contribution >= 0.6 is 11.3 Å². The number of carbonyl (C=O) groups excluding carboxylic acids is 1. The van der Waals surface area contributed by atoms with E-state index in [-0.39, 0.29) is 11.8 Å². The normalized spacial score (nSPS) is 20.4. The summed E-state index contributed by atoms with van der Waals surface area (Å²) in [6, 6.07) is 4.36. The van der Waals surface area contributed by atoms with E-state index < -0.39 is 0 Å². The highest BCUT2D eigenvalue weighted by Crippen LogP contribution is 2.39. The van der Waals surface area contributed by atoms with E-state index in [1.807, 2.05) is 5.38 Å². The Balaban J connectivity index is 1.81. The predicted molar refractivity (Wildman–Crippen MR) is 87.7 cm³/mol. The summed E-state index contributed by atoms with van der Waals surface area (Å²) >= 11 is 1.49. The van der Waals surface area contributed by atoms with Crippen LogP contribution < -0.4 is 5.32 Å². The Kier molecular flexibility index (Phi) is 3.57. The maximum atomic E-state index is 12.0. The van der Waals surface area contributed by atoms with Crippen LogP contribution in [0.4, 0.5) is 5.13 Å². The largest absolute Gasteiger partial charge is 0.302 e. The first-order valence-electron chi connectivity index (χ1n) is 7.30. The van der Waals surface area contributed by atoms with Gasteiger partial charge in [-0.3, -0.25) is 4.79 Å². The van der Waals surface area contributed by atoms with Crippen molar-refractivity contribution >= 4 is 22.4 Å². The van der Waals surface area contributed by atoms with Crippen LogP contribution in [0, 0.1) is 32.6 Å². The van der Waals surface area contributed by atoms with Gasteiger partial charge in [-0.05, 0) is 55.9 Å². The molecule has 3 rings (SSSR count). The lowest BCUT2D eigenvalue weighted by Crippen LogP contribution is -2.14. The molecule has 0 bridgehead atoms.